The summed E-state index contributed by atoms with van der Waals surface area (Å²) in [5.41, 5.74) is 1.05. The molecule has 0 amide bonds. The molecule has 11 heteroatoms. The van der Waals surface area contributed by atoms with Gasteiger partial charge >= 0.3 is 6.18 Å². The van der Waals surface area contributed by atoms with E-state index in [-0.39, 0.29) is 12.2 Å². The van der Waals surface area contributed by atoms with Crippen molar-refractivity contribution in [2.45, 2.75) is 25.8 Å². The van der Waals surface area contributed by atoms with Gasteiger partial charge in [0.1, 0.15) is 6.61 Å². The number of nitrogens with zero attached hydrogens (tertiary/aromatic N) is 5. The Morgan fingerprint density at radius 3 is 2.62 bits per heavy atom. The molecule has 0 aliphatic heterocycles. The van der Waals surface area contributed by atoms with E-state index < -0.39 is 24.0 Å². The molecular weight excluding hydrogens is 358 g/mol. The summed E-state index contributed by atoms with van der Waals surface area (Å²) < 4.78 is 62.8. The predicted octanol–water partition coefficient (Wildman–Crippen LogP) is 2.80. The molecule has 26 heavy (non-hydrogen) atoms. The molecule has 0 saturated heterocycles. The summed E-state index contributed by atoms with van der Waals surface area (Å²) in [7, 11) is 1.50. The molecule has 3 heterocycles. The molecule has 0 unspecified atom stereocenters. The third kappa shape index (κ3) is 3.57. The van der Waals surface area contributed by atoms with Gasteiger partial charge in [-0.25, -0.2) is 9.37 Å². The van der Waals surface area contributed by atoms with E-state index in [0.717, 1.165) is 13.0 Å². The van der Waals surface area contributed by atoms with Crippen molar-refractivity contribution in [2.75, 3.05) is 7.11 Å². The quantitative estimate of drug-likeness (QED) is 0.642. The van der Waals surface area contributed by atoms with E-state index in [4.69, 9.17) is 4.74 Å². The number of methoxy groups -OCH3 is 1. The highest BCUT2D eigenvalue weighted by molar-refractivity contribution is 5.59. The summed E-state index contributed by atoms with van der Waals surface area (Å²) >= 11 is 0. The van der Waals surface area contributed by atoms with Crippen molar-refractivity contribution < 1.29 is 27.0 Å². The van der Waals surface area contributed by atoms with Gasteiger partial charge in [-0.3, -0.25) is 9.38 Å². The summed E-state index contributed by atoms with van der Waals surface area (Å²) in [6.45, 7) is 0.979. The Bertz CT molecular complexity index is 928. The van der Waals surface area contributed by atoms with E-state index in [9.17, 15) is 17.6 Å². The van der Waals surface area contributed by atoms with E-state index in [1.54, 1.807) is 10.6 Å². The van der Waals surface area contributed by atoms with Crippen molar-refractivity contribution in [1.29, 1.82) is 0 Å². The molecule has 3 rings (SSSR count). The Balaban J connectivity index is 1.91. The van der Waals surface area contributed by atoms with Gasteiger partial charge in [0, 0.05) is 25.1 Å². The van der Waals surface area contributed by atoms with Crippen molar-refractivity contribution in [3.8, 4) is 17.1 Å². The normalized spacial score (nSPS) is 13.2. The third-order valence-electron chi connectivity index (χ3n) is 3.49. The number of ether oxygens (including phenoxy) is 2. The predicted molar refractivity (Wildman–Crippen MR) is 80.8 cm³/mol. The Morgan fingerprint density at radius 2 is 1.96 bits per heavy atom. The molecule has 0 fully saturated rings. The molecule has 0 aliphatic rings. The molecule has 0 aliphatic carbocycles. The molecule has 0 aromatic carbocycles. The molecule has 138 valence electrons. The van der Waals surface area contributed by atoms with Gasteiger partial charge in [0.25, 0.3) is 5.88 Å². The van der Waals surface area contributed by atoms with Crippen LogP contribution in [0.1, 0.15) is 12.7 Å². The average molecular weight is 371 g/mol. The van der Waals surface area contributed by atoms with Crippen LogP contribution in [0.2, 0.25) is 0 Å². The fourth-order valence-corrected chi connectivity index (χ4v) is 2.11. The van der Waals surface area contributed by atoms with Crippen LogP contribution in [-0.2, 0) is 11.3 Å². The van der Waals surface area contributed by atoms with Gasteiger partial charge < -0.3 is 9.47 Å². The topological polar surface area (TPSA) is 74.4 Å². The van der Waals surface area contributed by atoms with Crippen LogP contribution in [0.5, 0.6) is 5.88 Å². The average Bonchev–Trinajstić information content (AvgIpc) is 2.98. The number of fused-ring (bicyclic) bond motifs is 1. The lowest BCUT2D eigenvalue weighted by Crippen LogP contribution is -2.31. The molecule has 0 bridgehead atoms. The van der Waals surface area contributed by atoms with Gasteiger partial charge in [0.2, 0.25) is 0 Å². The zero-order valence-electron chi connectivity index (χ0n) is 13.7. The first-order chi connectivity index (χ1) is 12.3. The van der Waals surface area contributed by atoms with Gasteiger partial charge in [0.15, 0.2) is 23.4 Å². The summed E-state index contributed by atoms with van der Waals surface area (Å²) in [6, 6.07) is 1.000. The van der Waals surface area contributed by atoms with E-state index in [1.165, 1.54) is 19.5 Å². The lowest BCUT2D eigenvalue weighted by Gasteiger charge is -2.17. The lowest BCUT2D eigenvalue weighted by atomic mass is 10.2. The standard InChI is InChI=1S/C15H13F4N5O2/c1-8(15(17,18)19)26-14-10(16)3-9(4-21-14)11-6-24-12(5-20-11)22-23-13(24)7-25-2/h3-6,8H,7H2,1-2H3/t8-/m0/s1. The maximum atomic E-state index is 14.1. The molecule has 3 aromatic rings. The van der Waals surface area contributed by atoms with Crippen molar-refractivity contribution >= 4 is 5.65 Å². The smallest absolute Gasteiger partial charge is 0.425 e. The van der Waals surface area contributed by atoms with Crippen LogP contribution in [0.4, 0.5) is 17.6 Å². The van der Waals surface area contributed by atoms with Gasteiger partial charge in [-0.1, -0.05) is 0 Å². The Morgan fingerprint density at radius 1 is 1.19 bits per heavy atom. The summed E-state index contributed by atoms with van der Waals surface area (Å²) in [4.78, 5) is 7.76. The minimum absolute atomic E-state index is 0.208. The van der Waals surface area contributed by atoms with E-state index in [1.807, 2.05) is 0 Å². The number of hydrogen-bond donors (Lipinski definition) is 0. The summed E-state index contributed by atoms with van der Waals surface area (Å²) in [5.74, 6) is -1.25. The number of hydrogen-bond acceptors (Lipinski definition) is 6. The first-order valence-electron chi connectivity index (χ1n) is 7.37. The molecule has 0 N–H and O–H groups in total. The molecule has 7 nitrogen and oxygen atoms in total. The summed E-state index contributed by atoms with van der Waals surface area (Å²) in [5, 5.41) is 7.85. The highest BCUT2D eigenvalue weighted by Gasteiger charge is 2.38. The van der Waals surface area contributed by atoms with Crippen LogP contribution in [0, 0.1) is 5.82 Å². The monoisotopic (exact) mass is 371 g/mol. The van der Waals surface area contributed by atoms with Crippen LogP contribution < -0.4 is 4.74 Å². The van der Waals surface area contributed by atoms with Crippen LogP contribution >= 0.6 is 0 Å². The number of alkyl halides is 3. The first kappa shape index (κ1) is 18.0. The van der Waals surface area contributed by atoms with Crippen LogP contribution in [0.15, 0.2) is 24.7 Å². The van der Waals surface area contributed by atoms with Crippen LogP contribution in [-0.4, -0.2) is 44.0 Å². The molecule has 0 spiro atoms. The zero-order chi connectivity index (χ0) is 18.9. The van der Waals surface area contributed by atoms with Crippen LogP contribution in [0.3, 0.4) is 0 Å². The largest absolute Gasteiger partial charge is 0.463 e. The highest BCUT2D eigenvalue weighted by Crippen LogP contribution is 2.27. The van der Waals surface area contributed by atoms with Crippen molar-refractivity contribution in [3.63, 3.8) is 0 Å². The Hall–Kier alpha value is -2.82. The molecule has 0 radical (unpaired) electrons. The number of pyridine rings is 1. The number of aromatic nitrogens is 5. The van der Waals surface area contributed by atoms with Crippen LogP contribution in [0.25, 0.3) is 16.9 Å². The minimum atomic E-state index is -4.62. The zero-order valence-corrected chi connectivity index (χ0v) is 13.7. The lowest BCUT2D eigenvalue weighted by molar-refractivity contribution is -0.190. The fraction of sp³-hybridized carbons (Fsp3) is 0.333. The van der Waals surface area contributed by atoms with Gasteiger partial charge in [-0.2, -0.15) is 13.2 Å². The third-order valence-corrected chi connectivity index (χ3v) is 3.49. The van der Waals surface area contributed by atoms with E-state index in [0.29, 0.717) is 17.2 Å². The fourth-order valence-electron chi connectivity index (χ4n) is 2.11. The molecule has 0 saturated carbocycles. The number of halogens is 4. The van der Waals surface area contributed by atoms with Gasteiger partial charge in [-0.15, -0.1) is 10.2 Å². The van der Waals surface area contributed by atoms with Gasteiger partial charge in [0.05, 0.1) is 11.9 Å². The maximum absolute atomic E-state index is 14.1. The van der Waals surface area contributed by atoms with Crippen molar-refractivity contribution in [3.05, 3.63) is 36.3 Å². The minimum Gasteiger partial charge on any atom is -0.463 e. The Kier molecular flexibility index (Phi) is 4.72. The second kappa shape index (κ2) is 6.83. The van der Waals surface area contributed by atoms with E-state index >= 15 is 0 Å². The van der Waals surface area contributed by atoms with Crippen molar-refractivity contribution in [2.24, 2.45) is 0 Å². The molecule has 1 atom stereocenters. The van der Waals surface area contributed by atoms with Crippen molar-refractivity contribution in [1.82, 2.24) is 24.6 Å². The second-order valence-electron chi connectivity index (χ2n) is 5.36. The van der Waals surface area contributed by atoms with E-state index in [2.05, 4.69) is 24.9 Å². The molecular formula is C15H13F4N5O2. The first-order valence-corrected chi connectivity index (χ1v) is 7.37. The number of rotatable bonds is 5. The SMILES string of the molecule is COCc1nnc2cnc(-c3cnc(O[C@@H](C)C(F)(F)F)c(F)c3)cn12. The maximum Gasteiger partial charge on any atom is 0.425 e. The molecule has 3 aromatic heterocycles. The summed E-state index contributed by atoms with van der Waals surface area (Å²) in [6.07, 6.45) is -2.64. The second-order valence-corrected chi connectivity index (χ2v) is 5.36. The van der Waals surface area contributed by atoms with Gasteiger partial charge in [-0.05, 0) is 13.0 Å². The highest BCUT2D eigenvalue weighted by atomic mass is 19.4. The Labute approximate surface area is 144 Å².